The highest BCUT2D eigenvalue weighted by molar-refractivity contribution is 5.65. The van der Waals surface area contributed by atoms with Crippen LogP contribution < -0.4 is 5.56 Å². The van der Waals surface area contributed by atoms with Gasteiger partial charge in [0.15, 0.2) is 5.69 Å². The van der Waals surface area contributed by atoms with Crippen molar-refractivity contribution in [3.63, 3.8) is 0 Å². The molecule has 0 bridgehead atoms. The number of aromatic nitrogens is 5. The highest BCUT2D eigenvalue weighted by Gasteiger charge is 2.57. The Labute approximate surface area is 185 Å². The van der Waals surface area contributed by atoms with E-state index in [1.807, 2.05) is 0 Å². The van der Waals surface area contributed by atoms with E-state index >= 15 is 0 Å². The Hall–Kier alpha value is -2.97. The number of fused-ring (bicyclic) bond motifs is 1. The molecule has 1 saturated carbocycles. The van der Waals surface area contributed by atoms with E-state index in [4.69, 9.17) is 0 Å². The summed E-state index contributed by atoms with van der Waals surface area (Å²) in [5.41, 5.74) is -5.02. The molecular weight excluding hydrogens is 482 g/mol. The summed E-state index contributed by atoms with van der Waals surface area (Å²) in [6.07, 6.45) is -7.39. The van der Waals surface area contributed by atoms with Crippen LogP contribution in [-0.2, 0) is 19.3 Å². The van der Waals surface area contributed by atoms with Gasteiger partial charge in [0.2, 0.25) is 5.78 Å². The van der Waals surface area contributed by atoms with E-state index in [1.54, 1.807) is 0 Å². The Morgan fingerprint density at radius 3 is 2.29 bits per heavy atom. The Kier molecular flexibility index (Phi) is 5.34. The van der Waals surface area contributed by atoms with Crippen molar-refractivity contribution in [2.24, 2.45) is 0 Å². The first-order valence-electron chi connectivity index (χ1n) is 9.92. The number of hydrogen-bond acceptors (Lipinski definition) is 4. The molecule has 3 aromatic rings. The summed E-state index contributed by atoms with van der Waals surface area (Å²) in [6.45, 7) is -0.366. The van der Waals surface area contributed by atoms with Crippen molar-refractivity contribution in [3.05, 3.63) is 40.3 Å². The molecule has 34 heavy (non-hydrogen) atoms. The monoisotopic (exact) mass is 499 g/mol. The molecule has 4 rings (SSSR count). The first-order valence-corrected chi connectivity index (χ1v) is 9.92. The fraction of sp³-hybridized carbons (Fsp3) is 0.526. The standard InChI is InChI=1S/C19H17F8N5O2/c1-10-7-32-14(33)12(11-6-28-30(8-11)9-17(20,21)19(25,26)27)13(18(22,23)24)29-15(32)31(10)5-4-16(34)2-3-16/h6-8,34H,2-5,9H2,1H3. The van der Waals surface area contributed by atoms with Crippen LogP contribution in [0.5, 0.6) is 0 Å². The molecule has 0 spiro atoms. The van der Waals surface area contributed by atoms with Gasteiger partial charge >= 0.3 is 18.3 Å². The zero-order valence-electron chi connectivity index (χ0n) is 17.4. The van der Waals surface area contributed by atoms with Crippen molar-refractivity contribution >= 4 is 5.78 Å². The number of aryl methyl sites for hydroxylation is 2. The molecule has 3 aromatic heterocycles. The number of imidazole rings is 1. The SMILES string of the molecule is Cc1cn2c(=O)c(-c3cnn(CC(F)(F)C(F)(F)F)c3)c(C(F)(F)F)nc2n1CCC1(O)CC1. The van der Waals surface area contributed by atoms with Crippen molar-refractivity contribution in [2.75, 3.05) is 0 Å². The first kappa shape index (κ1) is 24.2. The first-order chi connectivity index (χ1) is 15.5. The number of halogens is 8. The number of hydrogen-bond donors (Lipinski definition) is 1. The van der Waals surface area contributed by atoms with Gasteiger partial charge in [0.25, 0.3) is 5.56 Å². The van der Waals surface area contributed by atoms with E-state index < -0.39 is 52.8 Å². The topological polar surface area (TPSA) is 77.4 Å². The lowest BCUT2D eigenvalue weighted by atomic mass is 10.1. The van der Waals surface area contributed by atoms with Crippen molar-refractivity contribution in [1.82, 2.24) is 23.7 Å². The molecule has 1 aliphatic rings. The predicted molar refractivity (Wildman–Crippen MR) is 100 cm³/mol. The Morgan fingerprint density at radius 1 is 1.09 bits per heavy atom. The molecule has 1 aliphatic carbocycles. The fourth-order valence-corrected chi connectivity index (χ4v) is 3.57. The maximum absolute atomic E-state index is 13.8. The Bertz CT molecular complexity index is 1300. The molecule has 1 fully saturated rings. The van der Waals surface area contributed by atoms with Crippen LogP contribution in [0, 0.1) is 6.92 Å². The van der Waals surface area contributed by atoms with Gasteiger partial charge in [-0.05, 0) is 26.2 Å². The molecule has 0 saturated heterocycles. The third-order valence-electron chi connectivity index (χ3n) is 5.67. The van der Waals surface area contributed by atoms with Gasteiger partial charge in [-0.3, -0.25) is 13.9 Å². The molecule has 186 valence electrons. The minimum Gasteiger partial charge on any atom is -0.390 e. The van der Waals surface area contributed by atoms with Gasteiger partial charge in [-0.1, -0.05) is 0 Å². The molecular formula is C19H17F8N5O2. The molecule has 0 radical (unpaired) electrons. The van der Waals surface area contributed by atoms with Gasteiger partial charge in [0.1, 0.15) is 6.54 Å². The van der Waals surface area contributed by atoms with Crippen LogP contribution in [0.15, 0.2) is 23.4 Å². The fourth-order valence-electron chi connectivity index (χ4n) is 3.57. The third-order valence-corrected chi connectivity index (χ3v) is 5.67. The smallest absolute Gasteiger partial charge is 0.390 e. The predicted octanol–water partition coefficient (Wildman–Crippen LogP) is 3.80. The summed E-state index contributed by atoms with van der Waals surface area (Å²) < 4.78 is 108. The molecule has 3 heterocycles. The summed E-state index contributed by atoms with van der Waals surface area (Å²) in [6, 6.07) is 0. The van der Waals surface area contributed by atoms with Gasteiger partial charge < -0.3 is 9.67 Å². The van der Waals surface area contributed by atoms with Crippen LogP contribution in [0.1, 0.15) is 30.7 Å². The van der Waals surface area contributed by atoms with Gasteiger partial charge in [0, 0.05) is 30.2 Å². The highest BCUT2D eigenvalue weighted by Crippen LogP contribution is 2.40. The molecule has 0 unspecified atom stereocenters. The third kappa shape index (κ3) is 4.28. The quantitative estimate of drug-likeness (QED) is 0.524. The van der Waals surface area contributed by atoms with E-state index in [0.717, 1.165) is 4.40 Å². The number of rotatable bonds is 6. The molecule has 0 atom stereocenters. The van der Waals surface area contributed by atoms with Crippen LogP contribution in [0.2, 0.25) is 0 Å². The average Bonchev–Trinajstić information content (AvgIpc) is 3.11. The van der Waals surface area contributed by atoms with Gasteiger partial charge in [-0.15, -0.1) is 0 Å². The molecule has 0 amide bonds. The van der Waals surface area contributed by atoms with E-state index in [-0.39, 0.29) is 23.4 Å². The van der Waals surface area contributed by atoms with Crippen LogP contribution in [0.4, 0.5) is 35.1 Å². The minimum atomic E-state index is -5.90. The van der Waals surface area contributed by atoms with Crippen LogP contribution in [0.3, 0.4) is 0 Å². The summed E-state index contributed by atoms with van der Waals surface area (Å²) in [5, 5.41) is 13.3. The van der Waals surface area contributed by atoms with Gasteiger partial charge in [-0.2, -0.15) is 40.2 Å². The maximum atomic E-state index is 13.8. The highest BCUT2D eigenvalue weighted by atomic mass is 19.4. The van der Waals surface area contributed by atoms with E-state index in [0.29, 0.717) is 30.9 Å². The lowest BCUT2D eigenvalue weighted by molar-refractivity contribution is -0.287. The lowest BCUT2D eigenvalue weighted by Gasteiger charge is -2.19. The largest absolute Gasteiger partial charge is 0.455 e. The van der Waals surface area contributed by atoms with Crippen molar-refractivity contribution in [1.29, 1.82) is 0 Å². The van der Waals surface area contributed by atoms with E-state index in [1.165, 1.54) is 17.7 Å². The van der Waals surface area contributed by atoms with Crippen LogP contribution in [0.25, 0.3) is 16.9 Å². The number of aliphatic hydroxyl groups is 1. The second-order valence-electron chi connectivity index (χ2n) is 8.33. The number of alkyl halides is 8. The van der Waals surface area contributed by atoms with Crippen LogP contribution >= 0.6 is 0 Å². The normalized spacial score (nSPS) is 16.4. The zero-order valence-corrected chi connectivity index (χ0v) is 17.4. The van der Waals surface area contributed by atoms with E-state index in [9.17, 15) is 45.0 Å². The number of nitrogens with zero attached hydrogens (tertiary/aromatic N) is 5. The molecule has 15 heteroatoms. The van der Waals surface area contributed by atoms with Crippen molar-refractivity contribution in [2.45, 2.75) is 63.2 Å². The van der Waals surface area contributed by atoms with Gasteiger partial charge in [-0.25, -0.2) is 4.98 Å². The average molecular weight is 499 g/mol. The summed E-state index contributed by atoms with van der Waals surface area (Å²) in [4.78, 5) is 16.6. The van der Waals surface area contributed by atoms with Crippen molar-refractivity contribution < 1.29 is 40.2 Å². The summed E-state index contributed by atoms with van der Waals surface area (Å²) >= 11 is 0. The summed E-state index contributed by atoms with van der Waals surface area (Å²) in [7, 11) is 0. The zero-order chi connectivity index (χ0) is 25.3. The summed E-state index contributed by atoms with van der Waals surface area (Å²) in [5.74, 6) is -5.54. The van der Waals surface area contributed by atoms with E-state index in [2.05, 4.69) is 10.1 Å². The van der Waals surface area contributed by atoms with Gasteiger partial charge in [0.05, 0.1) is 17.4 Å². The van der Waals surface area contributed by atoms with Crippen LogP contribution in [-0.4, -0.2) is 46.5 Å². The Morgan fingerprint density at radius 2 is 1.74 bits per heavy atom. The lowest BCUT2D eigenvalue weighted by Crippen LogP contribution is -2.40. The molecule has 1 N–H and O–H groups in total. The van der Waals surface area contributed by atoms with Crippen molar-refractivity contribution in [3.8, 4) is 11.1 Å². The second kappa shape index (κ2) is 7.52. The maximum Gasteiger partial charge on any atom is 0.455 e. The Balaban J connectivity index is 1.81. The minimum absolute atomic E-state index is 0.0897. The molecule has 0 aliphatic heterocycles. The molecule has 0 aromatic carbocycles. The second-order valence-corrected chi connectivity index (χ2v) is 8.33. The molecule has 7 nitrogen and oxygen atoms in total.